The molecule has 0 radical (unpaired) electrons. The van der Waals surface area contributed by atoms with Crippen molar-refractivity contribution in [1.29, 1.82) is 0 Å². The summed E-state index contributed by atoms with van der Waals surface area (Å²) in [5.74, 6) is -0.389. The van der Waals surface area contributed by atoms with Crippen molar-refractivity contribution in [3.05, 3.63) is 22.3 Å². The van der Waals surface area contributed by atoms with Gasteiger partial charge < -0.3 is 15.8 Å². The fourth-order valence-electron chi connectivity index (χ4n) is 26.0. The zero-order valence-electron chi connectivity index (χ0n) is 39.0. The Kier molecular flexibility index (Phi) is 2.80. The van der Waals surface area contributed by atoms with Crippen LogP contribution in [-0.4, -0.2) is 31.1 Å². The number of hydrogen-bond donors (Lipinski definition) is 2. The highest BCUT2D eigenvalue weighted by Crippen LogP contribution is 2.92. The van der Waals surface area contributed by atoms with E-state index in [1.54, 1.807) is 313 Å². The summed E-state index contributed by atoms with van der Waals surface area (Å²) < 4.78 is 5.28. The summed E-state index contributed by atoms with van der Waals surface area (Å²) in [5.41, 5.74) is 11.5. The van der Waals surface area contributed by atoms with Gasteiger partial charge in [-0.15, -0.1) is 0 Å². The van der Waals surface area contributed by atoms with Gasteiger partial charge in [-0.3, -0.25) is 9.59 Å². The lowest BCUT2D eigenvalue weighted by molar-refractivity contribution is -0.144. The van der Waals surface area contributed by atoms with Crippen LogP contribution in [0.15, 0.2) is 0 Å². The minimum absolute atomic E-state index is 0.222. The van der Waals surface area contributed by atoms with E-state index in [1.807, 2.05) is 6.92 Å². The standard InChI is InChI=1S/C70H18N2O3/c1-2-75-68(74)7(71)5-3-4-6-72-67(73)66-69-62-54-46-36-26-18-10-8-9-12-16-14(10)22-30-24(16)34-28-20(12)21-13(9)17-15-11(8)19(18)27-33-23(15)31-25(17)35-29(21)39-38(28)48-42(34)52-44(30)50(40(46)32(22)26)58(62)60(52)64-56(48)57-49(39)43(35)53-45(31)51-41(33)47(37(27)36)55(54)63(69)59(51)61(53)65(57)70(64,66)69/h7,66H,2-6,71H2,1H3,(H,72,73). The molecule has 0 aromatic heterocycles. The smallest absolute Gasteiger partial charge is 0.322 e. The number of nitrogens with one attached hydrogen (secondary N) is 1. The molecular weight excluding hydrogens is 917 g/mol. The Morgan fingerprint density at radius 3 is 0.760 bits per heavy atom. The fraction of sp³-hybridized carbons (Fsp3) is 0.143. The predicted molar refractivity (Wildman–Crippen MR) is 309 cm³/mol. The molecule has 0 saturated heterocycles. The molecule has 0 bridgehead atoms. The molecule has 28 aromatic rings. The monoisotopic (exact) mass is 934 g/mol. The molecule has 33 rings (SSSR count). The third kappa shape index (κ3) is 1.70. The first kappa shape index (κ1) is 29.9. The zero-order valence-corrected chi connectivity index (χ0v) is 39.0. The molecule has 5 nitrogen and oxygen atoms in total. The number of esters is 1. The largest absolute Gasteiger partial charge is 0.465 e. The molecule has 3 N–H and O–H groups in total. The number of unbranched alkanes of at least 4 members (excludes halogenated alkanes) is 1. The molecule has 2 spiro atoms. The molecule has 1 fully saturated rings. The number of ether oxygens (including phenoxy) is 1. The summed E-state index contributed by atoms with van der Waals surface area (Å²) in [6, 6.07) is -0.642. The van der Waals surface area contributed by atoms with Crippen LogP contribution in [0, 0.1) is 5.92 Å². The Bertz CT molecular complexity index is 6810. The molecule has 5 aliphatic carbocycles. The van der Waals surface area contributed by atoms with Gasteiger partial charge in [-0.2, -0.15) is 0 Å². The number of benzene rings is 18. The van der Waals surface area contributed by atoms with E-state index >= 15 is 4.79 Å². The normalized spacial score (nSPS) is 22.8. The van der Waals surface area contributed by atoms with Gasteiger partial charge in [0.2, 0.25) is 5.91 Å². The van der Waals surface area contributed by atoms with Gasteiger partial charge in [0.05, 0.1) is 23.4 Å². The Balaban J connectivity index is 0.962. The molecule has 0 aliphatic heterocycles. The lowest BCUT2D eigenvalue weighted by atomic mass is 9.68. The number of rotatable bonds is 8. The average molecular weight is 935 g/mol. The van der Waals surface area contributed by atoms with Gasteiger partial charge in [-0.05, 0) is 339 Å². The predicted octanol–water partition coefficient (Wildman–Crippen LogP) is 16.1. The third-order valence-corrected chi connectivity index (χ3v) is 26.3. The van der Waals surface area contributed by atoms with Gasteiger partial charge in [0.1, 0.15) is 6.04 Å². The molecule has 0 heterocycles. The molecule has 28 aromatic carbocycles. The molecule has 1 unspecified atom stereocenters. The van der Waals surface area contributed by atoms with E-state index in [0.717, 1.165) is 12.8 Å². The zero-order chi connectivity index (χ0) is 45.7. The van der Waals surface area contributed by atoms with Crippen LogP contribution in [0.5, 0.6) is 0 Å². The van der Waals surface area contributed by atoms with Crippen molar-refractivity contribution in [2.24, 2.45) is 11.7 Å². The molecular formula is C70H18N2O3. The molecule has 1 saturated carbocycles. The molecule has 1 amide bonds. The van der Waals surface area contributed by atoms with E-state index < -0.39 is 16.9 Å². The van der Waals surface area contributed by atoms with E-state index in [2.05, 4.69) is 5.32 Å². The van der Waals surface area contributed by atoms with E-state index in [-0.39, 0.29) is 17.8 Å². The van der Waals surface area contributed by atoms with Crippen molar-refractivity contribution in [2.75, 3.05) is 13.2 Å². The number of carbonyl (C=O) groups excluding carboxylic acids is 2. The topological polar surface area (TPSA) is 81.4 Å². The Morgan fingerprint density at radius 1 is 0.360 bits per heavy atom. The van der Waals surface area contributed by atoms with E-state index in [0.29, 0.717) is 19.6 Å². The van der Waals surface area contributed by atoms with Gasteiger partial charge in [-0.1, -0.05) is 0 Å². The van der Waals surface area contributed by atoms with Crippen LogP contribution in [0.1, 0.15) is 48.4 Å². The van der Waals surface area contributed by atoms with Crippen molar-refractivity contribution in [1.82, 2.24) is 5.32 Å². The summed E-state index contributed by atoms with van der Waals surface area (Å²) in [6.07, 6.45) is 2.07. The van der Waals surface area contributed by atoms with E-state index in [9.17, 15) is 4.79 Å². The van der Waals surface area contributed by atoms with E-state index in [1.165, 1.54) is 0 Å². The van der Waals surface area contributed by atoms with Gasteiger partial charge in [0, 0.05) is 6.54 Å². The van der Waals surface area contributed by atoms with Crippen LogP contribution in [-0.2, 0) is 25.2 Å². The summed E-state index contributed by atoms with van der Waals surface area (Å²) in [5, 5.41) is 89.0. The van der Waals surface area contributed by atoms with Gasteiger partial charge in [0.15, 0.2) is 0 Å². The third-order valence-electron chi connectivity index (χ3n) is 26.3. The first-order valence-electron chi connectivity index (χ1n) is 28.1. The van der Waals surface area contributed by atoms with E-state index in [4.69, 9.17) is 10.5 Å². The summed E-state index contributed by atoms with van der Waals surface area (Å²) in [4.78, 5) is 29.1. The van der Waals surface area contributed by atoms with Crippen molar-refractivity contribution in [3.63, 3.8) is 0 Å². The molecule has 75 heavy (non-hydrogen) atoms. The second kappa shape index (κ2) is 7.02. The van der Waals surface area contributed by atoms with Crippen molar-refractivity contribution in [2.45, 2.75) is 43.1 Å². The SMILES string of the molecule is CCOC(=O)C(N)CCCCNC(=O)C1C23c4c5c6c7c8c9c(c%10c%11c2c2c4c4c%12c5c5c6c6c8c8c%13c9c9c%10c%10c%11c%11c2c2c4c4c%12c%12c5c5c6c8c6c8c%13c9c9c%10c%10c%11c2c2c4c4c%12c5c6c5c8c9c%10c2c45)C713. The summed E-state index contributed by atoms with van der Waals surface area (Å²) >= 11 is 0. The quantitative estimate of drug-likeness (QED) is 0.0903. The highest BCUT2D eigenvalue weighted by molar-refractivity contribution is 6.82. The number of hydrogen-bond acceptors (Lipinski definition) is 4. The fourth-order valence-corrected chi connectivity index (χ4v) is 26.0. The maximum Gasteiger partial charge on any atom is 0.322 e. The molecule has 5 aliphatic rings. The number of carbonyl (C=O) groups is 2. The minimum atomic E-state index is -0.642. The van der Waals surface area contributed by atoms with Crippen LogP contribution in [0.4, 0.5) is 0 Å². The lowest BCUT2D eigenvalue weighted by Crippen LogP contribution is -2.33. The van der Waals surface area contributed by atoms with Crippen molar-refractivity contribution >= 4 is 303 Å². The summed E-state index contributed by atoms with van der Waals surface area (Å²) in [6.45, 7) is 2.73. The first-order chi connectivity index (χ1) is 37.1. The average Bonchev–Trinajstić information content (AvgIpc) is 3.96. The molecule has 5 heteroatoms. The van der Waals surface area contributed by atoms with Crippen molar-refractivity contribution in [3.8, 4) is 0 Å². The second-order valence-corrected chi connectivity index (χ2v) is 26.9. The maximum atomic E-state index is 16.6. The van der Waals surface area contributed by atoms with Gasteiger partial charge in [-0.25, -0.2) is 0 Å². The lowest BCUT2D eigenvalue weighted by Gasteiger charge is -2.32. The summed E-state index contributed by atoms with van der Waals surface area (Å²) in [7, 11) is 0. The number of nitrogens with two attached hydrogens (primary N) is 1. The number of amides is 1. The van der Waals surface area contributed by atoms with Crippen molar-refractivity contribution < 1.29 is 14.3 Å². The molecule has 1 atom stereocenters. The Hall–Kier alpha value is -8.64. The van der Waals surface area contributed by atoms with Crippen LogP contribution in [0.3, 0.4) is 0 Å². The van der Waals surface area contributed by atoms with Crippen LogP contribution < -0.4 is 11.1 Å². The Labute approximate surface area is 410 Å². The van der Waals surface area contributed by atoms with Gasteiger partial charge in [0.25, 0.3) is 0 Å². The highest BCUT2D eigenvalue weighted by atomic mass is 16.5. The second-order valence-electron chi connectivity index (χ2n) is 26.9. The maximum absolute atomic E-state index is 16.6. The van der Waals surface area contributed by atoms with Crippen LogP contribution in [0.2, 0.25) is 0 Å². The minimum Gasteiger partial charge on any atom is -0.465 e. The Morgan fingerprint density at radius 2 is 0.560 bits per heavy atom. The van der Waals surface area contributed by atoms with Gasteiger partial charge >= 0.3 is 5.97 Å². The molecule has 326 valence electrons. The highest BCUT2D eigenvalue weighted by Gasteiger charge is 2.88. The first-order valence-corrected chi connectivity index (χ1v) is 28.1. The van der Waals surface area contributed by atoms with Crippen LogP contribution >= 0.6 is 0 Å². The van der Waals surface area contributed by atoms with Crippen LogP contribution in [0.25, 0.3) is 291 Å².